The number of rotatable bonds is 3. The summed E-state index contributed by atoms with van der Waals surface area (Å²) >= 11 is 3.92. The Morgan fingerprint density at radius 1 is 1.80 bits per heavy atom. The van der Waals surface area contributed by atoms with Gasteiger partial charge in [-0.3, -0.25) is 4.79 Å². The summed E-state index contributed by atoms with van der Waals surface area (Å²) in [6.07, 6.45) is 1.49. The second-order valence-corrected chi connectivity index (χ2v) is 2.07. The van der Waals surface area contributed by atoms with Crippen molar-refractivity contribution in [2.24, 2.45) is 0 Å². The summed E-state index contributed by atoms with van der Waals surface area (Å²) in [6.45, 7) is 0.334. The molecule has 3 nitrogen and oxygen atoms in total. The lowest BCUT2D eigenvalue weighted by Gasteiger charge is -2.02. The number of hydrogen-bond acceptors (Lipinski definition) is 4. The lowest BCUT2D eigenvalue weighted by atomic mass is 10.5. The van der Waals surface area contributed by atoms with Gasteiger partial charge in [-0.05, 0) is 12.1 Å². The third kappa shape index (κ3) is 1.54. The minimum atomic E-state index is -0.590. The van der Waals surface area contributed by atoms with Gasteiger partial charge in [-0.1, -0.05) is 0 Å². The molecule has 0 saturated carbocycles. The van der Waals surface area contributed by atoms with Crippen molar-refractivity contribution in [3.05, 3.63) is 24.2 Å². The van der Waals surface area contributed by atoms with E-state index in [1.807, 2.05) is 0 Å². The molecule has 0 saturated heterocycles. The fourth-order valence-electron chi connectivity index (χ4n) is 0.551. The molecule has 1 aromatic rings. The van der Waals surface area contributed by atoms with Crippen LogP contribution in [-0.4, -0.2) is 6.47 Å². The highest BCUT2D eigenvalue weighted by molar-refractivity contribution is 7.80. The Hall–Kier alpha value is -0.900. The second kappa shape index (κ2) is 3.31. The van der Waals surface area contributed by atoms with E-state index in [2.05, 4.69) is 17.4 Å². The molecule has 0 radical (unpaired) electrons. The third-order valence-corrected chi connectivity index (χ3v) is 1.35. The molecule has 54 valence electrons. The fraction of sp³-hybridized carbons (Fsp3) is 0.167. The molecule has 1 heterocycles. The molecule has 1 unspecified atom stereocenters. The van der Waals surface area contributed by atoms with Gasteiger partial charge in [0.1, 0.15) is 0 Å². The average molecular weight is 158 g/mol. The molecule has 0 aromatic carbocycles. The molecule has 10 heavy (non-hydrogen) atoms. The third-order valence-electron chi connectivity index (χ3n) is 0.971. The first-order chi connectivity index (χ1) is 4.84. The Balaban J connectivity index is 2.58. The summed E-state index contributed by atoms with van der Waals surface area (Å²) < 4.78 is 9.36. The second-order valence-electron chi connectivity index (χ2n) is 1.60. The quantitative estimate of drug-likeness (QED) is 0.410. The molecule has 1 rings (SSSR count). The van der Waals surface area contributed by atoms with Crippen molar-refractivity contribution in [3.8, 4) is 0 Å². The molecular weight excluding hydrogens is 152 g/mol. The van der Waals surface area contributed by atoms with Crippen LogP contribution in [0.2, 0.25) is 0 Å². The van der Waals surface area contributed by atoms with Gasteiger partial charge >= 0.3 is 0 Å². The Kier molecular flexibility index (Phi) is 2.39. The van der Waals surface area contributed by atoms with Crippen LogP contribution in [0.5, 0.6) is 0 Å². The number of carbonyl (C=O) groups is 1. The molecule has 0 amide bonds. The number of carbonyl (C=O) groups excluding carboxylic acids is 1. The van der Waals surface area contributed by atoms with Gasteiger partial charge < -0.3 is 9.15 Å². The number of ether oxygens (including phenoxy) is 1. The first-order valence-electron chi connectivity index (χ1n) is 2.65. The van der Waals surface area contributed by atoms with Crippen LogP contribution >= 0.6 is 12.6 Å². The number of thiol groups is 1. The predicted molar refractivity (Wildman–Crippen MR) is 37.6 cm³/mol. The van der Waals surface area contributed by atoms with Crippen LogP contribution in [0.3, 0.4) is 0 Å². The van der Waals surface area contributed by atoms with Crippen molar-refractivity contribution < 1.29 is 13.9 Å². The molecule has 0 N–H and O–H groups in total. The van der Waals surface area contributed by atoms with Gasteiger partial charge in [-0.15, -0.1) is 12.6 Å². The average Bonchev–Trinajstić information content (AvgIpc) is 2.38. The molecule has 0 aliphatic heterocycles. The molecule has 4 heteroatoms. The van der Waals surface area contributed by atoms with Crippen molar-refractivity contribution in [1.82, 2.24) is 0 Å². The van der Waals surface area contributed by atoms with Crippen molar-refractivity contribution in [3.63, 3.8) is 0 Å². The van der Waals surface area contributed by atoms with E-state index >= 15 is 0 Å². The molecule has 1 atom stereocenters. The number of furan rings is 1. The van der Waals surface area contributed by atoms with Crippen molar-refractivity contribution in [2.45, 2.75) is 5.44 Å². The van der Waals surface area contributed by atoms with Gasteiger partial charge in [-0.2, -0.15) is 0 Å². The summed E-state index contributed by atoms with van der Waals surface area (Å²) in [6, 6.07) is 3.38. The molecule has 0 spiro atoms. The maximum Gasteiger partial charge on any atom is 0.294 e. The van der Waals surface area contributed by atoms with Gasteiger partial charge in [0, 0.05) is 0 Å². The number of hydrogen-bond donors (Lipinski definition) is 1. The standard InChI is InChI=1S/C6H6O3S/c7-4-9-6(10)5-2-1-3-8-5/h1-4,6,10H. The first-order valence-corrected chi connectivity index (χ1v) is 3.17. The molecular formula is C6H6O3S. The summed E-state index contributed by atoms with van der Waals surface area (Å²) in [5.41, 5.74) is -0.590. The van der Waals surface area contributed by atoms with Gasteiger partial charge in [0.2, 0.25) is 5.44 Å². The van der Waals surface area contributed by atoms with E-state index in [9.17, 15) is 4.79 Å². The SMILES string of the molecule is O=COC(S)c1ccco1. The first kappa shape index (κ1) is 7.21. The highest BCUT2D eigenvalue weighted by Gasteiger charge is 2.07. The maximum atomic E-state index is 9.80. The van der Waals surface area contributed by atoms with Crippen LogP contribution in [0.15, 0.2) is 22.8 Å². The van der Waals surface area contributed by atoms with Gasteiger partial charge in [0.15, 0.2) is 5.76 Å². The molecule has 0 aliphatic carbocycles. The highest BCUT2D eigenvalue weighted by Crippen LogP contribution is 2.19. The van der Waals surface area contributed by atoms with E-state index in [0.717, 1.165) is 0 Å². The summed E-state index contributed by atoms with van der Waals surface area (Å²) in [4.78, 5) is 9.80. The van der Waals surface area contributed by atoms with Crippen LogP contribution < -0.4 is 0 Å². The lowest BCUT2D eigenvalue weighted by Crippen LogP contribution is -1.92. The zero-order valence-corrected chi connectivity index (χ0v) is 5.95. The Labute approximate surface area is 63.4 Å². The summed E-state index contributed by atoms with van der Waals surface area (Å²) in [5.74, 6) is 0.524. The Morgan fingerprint density at radius 3 is 3.10 bits per heavy atom. The van der Waals surface area contributed by atoms with E-state index in [1.165, 1.54) is 6.26 Å². The van der Waals surface area contributed by atoms with Crippen molar-refractivity contribution in [1.29, 1.82) is 0 Å². The van der Waals surface area contributed by atoms with E-state index in [-0.39, 0.29) is 0 Å². The Bertz CT molecular complexity index is 195. The Morgan fingerprint density at radius 2 is 2.60 bits per heavy atom. The maximum absolute atomic E-state index is 9.80. The lowest BCUT2D eigenvalue weighted by molar-refractivity contribution is -0.130. The zero-order chi connectivity index (χ0) is 7.40. The monoisotopic (exact) mass is 158 g/mol. The largest absolute Gasteiger partial charge is 0.464 e. The fourth-order valence-corrected chi connectivity index (χ4v) is 0.748. The van der Waals surface area contributed by atoms with E-state index in [4.69, 9.17) is 4.42 Å². The molecule has 0 aliphatic rings. The normalized spacial score (nSPS) is 12.5. The van der Waals surface area contributed by atoms with Crippen LogP contribution in [-0.2, 0) is 9.53 Å². The van der Waals surface area contributed by atoms with E-state index < -0.39 is 5.44 Å². The topological polar surface area (TPSA) is 39.4 Å². The van der Waals surface area contributed by atoms with Crippen molar-refractivity contribution >= 4 is 19.1 Å². The van der Waals surface area contributed by atoms with Gasteiger partial charge in [0.25, 0.3) is 6.47 Å². The molecule has 0 bridgehead atoms. The highest BCUT2D eigenvalue weighted by atomic mass is 32.1. The van der Waals surface area contributed by atoms with Gasteiger partial charge in [0.05, 0.1) is 6.26 Å². The smallest absolute Gasteiger partial charge is 0.294 e. The minimum absolute atomic E-state index is 0.334. The zero-order valence-electron chi connectivity index (χ0n) is 5.06. The van der Waals surface area contributed by atoms with E-state index in [0.29, 0.717) is 12.2 Å². The van der Waals surface area contributed by atoms with Gasteiger partial charge in [-0.25, -0.2) is 0 Å². The van der Waals surface area contributed by atoms with Crippen LogP contribution in [0.4, 0.5) is 0 Å². The summed E-state index contributed by atoms with van der Waals surface area (Å²) in [7, 11) is 0. The van der Waals surface area contributed by atoms with Crippen LogP contribution in [0.1, 0.15) is 11.2 Å². The van der Waals surface area contributed by atoms with Crippen LogP contribution in [0.25, 0.3) is 0 Å². The summed E-state index contributed by atoms with van der Waals surface area (Å²) in [5, 5.41) is 0. The van der Waals surface area contributed by atoms with Crippen LogP contribution in [0, 0.1) is 0 Å². The minimum Gasteiger partial charge on any atom is -0.464 e. The molecule has 0 fully saturated rings. The van der Waals surface area contributed by atoms with Crippen molar-refractivity contribution in [2.75, 3.05) is 0 Å². The predicted octanol–water partition coefficient (Wildman–Crippen LogP) is 1.38. The van der Waals surface area contributed by atoms with E-state index in [1.54, 1.807) is 12.1 Å². The molecule has 1 aromatic heterocycles.